The molecular formula is C50H66N8O7S. The molecule has 354 valence electrons. The Hall–Kier alpha value is -5.18. The van der Waals surface area contributed by atoms with E-state index >= 15 is 0 Å². The van der Waals surface area contributed by atoms with Crippen LogP contribution in [0.1, 0.15) is 96.5 Å². The number of carbonyl (C=O) groups excluding carboxylic acids is 4. The number of pyridine rings is 1. The molecule has 0 aliphatic carbocycles. The van der Waals surface area contributed by atoms with Gasteiger partial charge in [-0.3, -0.25) is 34.1 Å². The molecule has 3 aliphatic rings. The van der Waals surface area contributed by atoms with Crippen molar-refractivity contribution in [3.63, 3.8) is 0 Å². The number of nitrogens with one attached hydrogen (secondary N) is 2. The Morgan fingerprint density at radius 1 is 1.14 bits per heavy atom. The van der Waals surface area contributed by atoms with Crippen LogP contribution in [-0.4, -0.2) is 130 Å². The van der Waals surface area contributed by atoms with Crippen molar-refractivity contribution < 1.29 is 33.4 Å². The van der Waals surface area contributed by atoms with Crippen molar-refractivity contribution in [3.05, 3.63) is 58.2 Å². The van der Waals surface area contributed by atoms with E-state index in [0.29, 0.717) is 50.4 Å². The van der Waals surface area contributed by atoms with E-state index in [2.05, 4.69) is 77.1 Å². The first kappa shape index (κ1) is 48.7. The summed E-state index contributed by atoms with van der Waals surface area (Å²) in [4.78, 5) is 68.3. The number of thiazole rings is 1. The number of cyclic esters (lactones) is 1. The van der Waals surface area contributed by atoms with Gasteiger partial charge in [-0.25, -0.2) is 10.4 Å². The molecule has 16 heteroatoms. The molecule has 6 heterocycles. The fourth-order valence-electron chi connectivity index (χ4n) is 8.92. The maximum Gasteiger partial charge on any atom is 0.324 e. The van der Waals surface area contributed by atoms with Gasteiger partial charge in [-0.1, -0.05) is 25.8 Å². The van der Waals surface area contributed by atoms with Crippen LogP contribution >= 0.6 is 11.3 Å². The number of ether oxygens (including phenoxy) is 3. The van der Waals surface area contributed by atoms with E-state index in [9.17, 15) is 19.2 Å². The summed E-state index contributed by atoms with van der Waals surface area (Å²) >= 11 is 1.43. The summed E-state index contributed by atoms with van der Waals surface area (Å²) in [5, 5.41) is 8.13. The predicted molar refractivity (Wildman–Crippen MR) is 255 cm³/mol. The van der Waals surface area contributed by atoms with Gasteiger partial charge in [-0.2, -0.15) is 0 Å². The highest BCUT2D eigenvalue weighted by atomic mass is 32.1. The van der Waals surface area contributed by atoms with Crippen LogP contribution in [0.15, 0.2) is 41.9 Å². The third kappa shape index (κ3) is 11.1. The van der Waals surface area contributed by atoms with Crippen LogP contribution in [-0.2, 0) is 52.8 Å². The van der Waals surface area contributed by atoms with Crippen LogP contribution in [0.3, 0.4) is 0 Å². The van der Waals surface area contributed by atoms with E-state index in [1.807, 2.05) is 39.1 Å². The number of likely N-dealkylation sites (N-methyl/N-ethyl adjacent to an activating group) is 1. The fourth-order valence-corrected chi connectivity index (χ4v) is 9.77. The molecule has 3 atom stereocenters. The number of carbonyl (C=O) groups is 4. The number of nitrogens with zero attached hydrogens (tertiary/aromatic N) is 6. The normalized spacial score (nSPS) is 19.5. The van der Waals surface area contributed by atoms with E-state index < -0.39 is 23.5 Å². The predicted octanol–water partition coefficient (Wildman–Crippen LogP) is 5.95. The molecule has 3 aromatic heterocycles. The molecule has 2 fully saturated rings. The number of aromatic nitrogens is 3. The third-order valence-electron chi connectivity index (χ3n) is 12.9. The largest absolute Gasteiger partial charge is 0.464 e. The average Bonchev–Trinajstić information content (AvgIpc) is 3.88. The number of likely N-dealkylation sites (tertiary alicyclic amines) is 1. The number of methoxy groups -OCH3 is 1. The highest BCUT2D eigenvalue weighted by molar-refractivity contribution is 7.10. The average molecular weight is 923 g/mol. The number of esters is 1. The molecule has 66 heavy (non-hydrogen) atoms. The molecule has 6 bridgehead atoms. The highest BCUT2D eigenvalue weighted by Crippen LogP contribution is 2.42. The SMILES string of the molecule is CCN(CCOCCC(=O)N[C@H]1Cc2nc(cs2)-c2ccc3c(c2)c(c(-c2cccnc2[C@H](C)OC)n3CC)CC(C)(C)COC(=O)[C@@H]2CCCN(N2)C1=O)C(=O)C#CC(C)(C)N1CCC1. The summed E-state index contributed by atoms with van der Waals surface area (Å²) in [6.07, 6.45) is 4.51. The number of hydrogen-bond acceptors (Lipinski definition) is 12. The minimum atomic E-state index is -0.970. The van der Waals surface area contributed by atoms with Crippen molar-refractivity contribution >= 4 is 45.9 Å². The number of hydrogen-bond donors (Lipinski definition) is 2. The lowest BCUT2D eigenvalue weighted by Gasteiger charge is -2.41. The van der Waals surface area contributed by atoms with Crippen LogP contribution in [0, 0.1) is 17.3 Å². The number of fused-ring (bicyclic) bond motifs is 6. The first-order chi connectivity index (χ1) is 31.6. The molecule has 0 spiro atoms. The van der Waals surface area contributed by atoms with Crippen LogP contribution in [0.4, 0.5) is 0 Å². The van der Waals surface area contributed by atoms with Crippen molar-refractivity contribution in [3.8, 4) is 34.4 Å². The van der Waals surface area contributed by atoms with Gasteiger partial charge in [-0.15, -0.1) is 11.3 Å². The second-order valence-corrected chi connectivity index (χ2v) is 19.7. The quantitative estimate of drug-likeness (QED) is 0.0928. The molecule has 15 nitrogen and oxygen atoms in total. The summed E-state index contributed by atoms with van der Waals surface area (Å²) in [5.41, 5.74) is 9.04. The molecule has 7 rings (SSSR count). The molecule has 1 aromatic carbocycles. The zero-order chi connectivity index (χ0) is 47.2. The van der Waals surface area contributed by atoms with E-state index in [1.54, 1.807) is 18.2 Å². The van der Waals surface area contributed by atoms with Crippen molar-refractivity contribution in [2.75, 3.05) is 59.7 Å². The Bertz CT molecular complexity index is 2460. The highest BCUT2D eigenvalue weighted by Gasteiger charge is 2.36. The zero-order valence-electron chi connectivity index (χ0n) is 39.8. The van der Waals surface area contributed by atoms with Gasteiger partial charge < -0.3 is 29.0 Å². The monoisotopic (exact) mass is 922 g/mol. The third-order valence-corrected chi connectivity index (χ3v) is 13.8. The smallest absolute Gasteiger partial charge is 0.324 e. The van der Waals surface area contributed by atoms with Gasteiger partial charge in [0.2, 0.25) is 5.91 Å². The Kier molecular flexibility index (Phi) is 15.7. The van der Waals surface area contributed by atoms with Crippen LogP contribution in [0.25, 0.3) is 33.4 Å². The zero-order valence-corrected chi connectivity index (χ0v) is 40.6. The topological polar surface area (TPSA) is 160 Å². The number of hydrazine groups is 1. The lowest BCUT2D eigenvalue weighted by atomic mass is 9.84. The second kappa shape index (κ2) is 21.2. The van der Waals surface area contributed by atoms with Gasteiger partial charge in [0.15, 0.2) is 0 Å². The molecule has 3 aliphatic heterocycles. The summed E-state index contributed by atoms with van der Waals surface area (Å²) in [6.45, 7) is 18.6. The van der Waals surface area contributed by atoms with Crippen LogP contribution in [0.5, 0.6) is 0 Å². The summed E-state index contributed by atoms with van der Waals surface area (Å²) < 4.78 is 20.0. The Morgan fingerprint density at radius 3 is 2.67 bits per heavy atom. The van der Waals surface area contributed by atoms with Crippen molar-refractivity contribution in [2.24, 2.45) is 5.41 Å². The lowest BCUT2D eigenvalue weighted by Crippen LogP contribution is -2.60. The Morgan fingerprint density at radius 2 is 1.94 bits per heavy atom. The summed E-state index contributed by atoms with van der Waals surface area (Å²) in [6, 6.07) is 8.74. The van der Waals surface area contributed by atoms with Gasteiger partial charge in [-0.05, 0) is 96.1 Å². The Labute approximate surface area is 392 Å². The van der Waals surface area contributed by atoms with E-state index in [-0.39, 0.29) is 62.0 Å². The van der Waals surface area contributed by atoms with Gasteiger partial charge in [0.25, 0.3) is 11.8 Å². The van der Waals surface area contributed by atoms with Crippen molar-refractivity contribution in [1.82, 2.24) is 40.1 Å². The summed E-state index contributed by atoms with van der Waals surface area (Å²) in [5.74, 6) is 4.53. The number of benzene rings is 1. The van der Waals surface area contributed by atoms with Crippen molar-refractivity contribution in [2.45, 2.75) is 117 Å². The molecule has 2 saturated heterocycles. The molecule has 0 saturated carbocycles. The maximum atomic E-state index is 14.3. The number of rotatable bonds is 13. The molecule has 3 amide bonds. The number of aryl methyl sites for hydroxylation is 1. The van der Waals surface area contributed by atoms with Gasteiger partial charge >= 0.3 is 5.97 Å². The Balaban J connectivity index is 1.12. The number of amides is 3. The summed E-state index contributed by atoms with van der Waals surface area (Å²) in [7, 11) is 1.69. The van der Waals surface area contributed by atoms with Crippen molar-refractivity contribution in [1.29, 1.82) is 0 Å². The van der Waals surface area contributed by atoms with E-state index in [0.717, 1.165) is 64.2 Å². The van der Waals surface area contributed by atoms with Crippen LogP contribution < -0.4 is 10.7 Å². The van der Waals surface area contributed by atoms with E-state index in [4.69, 9.17) is 24.2 Å². The standard InChI is InChI=1S/C50H66N8O7S/c1-9-55(44(60)18-20-50(6,7)56-22-13-23-56)25-27-64-26-19-42(59)52-39-29-43-53-40(31-66-43)34-16-17-41-36(28-34)37(46(57(41)10-2)35-14-11-21-51-45(35)33(3)63-8)30-49(4,5)32-65-48(62)38-15-12-24-58(54-38)47(39)61/h11,14,16-17,21,28,31,33,38-39,54H,9-10,12-13,15,19,22-27,29-30,32H2,1-8H3,(H,52,59)/t33-,38-,39-/m0/s1. The van der Waals surface area contributed by atoms with Gasteiger partial charge in [0.1, 0.15) is 12.1 Å². The first-order valence-electron chi connectivity index (χ1n) is 23.4. The first-order valence-corrected chi connectivity index (χ1v) is 24.3. The van der Waals surface area contributed by atoms with E-state index in [1.165, 1.54) is 16.3 Å². The molecule has 0 radical (unpaired) electrons. The second-order valence-electron chi connectivity index (χ2n) is 18.7. The van der Waals surface area contributed by atoms with Crippen LogP contribution in [0.2, 0.25) is 0 Å². The minimum absolute atomic E-state index is 0.00161. The minimum Gasteiger partial charge on any atom is -0.464 e. The lowest BCUT2D eigenvalue weighted by molar-refractivity contribution is -0.155. The molecule has 0 unspecified atom stereocenters. The molecule has 4 aromatic rings. The maximum absolute atomic E-state index is 14.3. The van der Waals surface area contributed by atoms with Gasteiger partial charge in [0, 0.05) is 98.2 Å². The molecule has 2 N–H and O–H groups in total. The fraction of sp³-hybridized carbons (Fsp3) is 0.560. The van der Waals surface area contributed by atoms with Gasteiger partial charge in [0.05, 0.1) is 53.6 Å². The molecular weight excluding hydrogens is 857 g/mol.